The number of hydrogen-bond acceptors (Lipinski definition) is 5. The maximum Gasteiger partial charge on any atom is 0.251 e. The molecule has 1 aromatic carbocycles. The summed E-state index contributed by atoms with van der Waals surface area (Å²) in [6.07, 6.45) is 10.3. The second-order valence-electron chi connectivity index (χ2n) is 7.78. The molecule has 0 unspecified atom stereocenters. The summed E-state index contributed by atoms with van der Waals surface area (Å²) in [5.74, 6) is 0.628. The van der Waals surface area contributed by atoms with Crippen molar-refractivity contribution >= 4 is 35.3 Å². The molecule has 0 radical (unpaired) electrons. The number of nitrogens with one attached hydrogen (secondary N) is 2. The van der Waals surface area contributed by atoms with Crippen LogP contribution in [-0.4, -0.2) is 26.9 Å². The van der Waals surface area contributed by atoms with Gasteiger partial charge in [0.2, 0.25) is 0 Å². The van der Waals surface area contributed by atoms with Crippen LogP contribution in [0.5, 0.6) is 0 Å². The van der Waals surface area contributed by atoms with Crippen molar-refractivity contribution in [2.45, 2.75) is 40.7 Å². The van der Waals surface area contributed by atoms with E-state index in [1.165, 1.54) is 23.1 Å². The molecular weight excluding hydrogens is 430 g/mol. The molecule has 0 saturated carbocycles. The van der Waals surface area contributed by atoms with Crippen LogP contribution in [0, 0.1) is 6.92 Å². The van der Waals surface area contributed by atoms with E-state index < -0.39 is 0 Å². The zero-order valence-electron chi connectivity index (χ0n) is 19.8. The molecule has 6 nitrogen and oxygen atoms in total. The molecule has 0 aliphatic rings. The van der Waals surface area contributed by atoms with Crippen molar-refractivity contribution in [3.05, 3.63) is 82.8 Å². The summed E-state index contributed by atoms with van der Waals surface area (Å²) in [4.78, 5) is 17.4. The number of carbonyl (C=O) groups excluding carboxylic acids is 1. The molecule has 0 atom stereocenters. The van der Waals surface area contributed by atoms with Gasteiger partial charge in [0.05, 0.1) is 17.6 Å². The highest BCUT2D eigenvalue weighted by molar-refractivity contribution is 7.99. The van der Waals surface area contributed by atoms with Gasteiger partial charge < -0.3 is 10.0 Å². The van der Waals surface area contributed by atoms with Crippen LogP contribution in [0.2, 0.25) is 0 Å². The first-order chi connectivity index (χ1) is 16.0. The van der Waals surface area contributed by atoms with E-state index in [0.29, 0.717) is 12.1 Å². The molecule has 0 saturated heterocycles. The Kier molecular flexibility index (Phi) is 8.49. The summed E-state index contributed by atoms with van der Waals surface area (Å²) in [6.45, 7) is 8.56. The summed E-state index contributed by atoms with van der Waals surface area (Å²) in [6, 6.07) is 12.0. The van der Waals surface area contributed by atoms with E-state index in [1.807, 2.05) is 48.2 Å². The van der Waals surface area contributed by atoms with Gasteiger partial charge in [0.25, 0.3) is 5.91 Å². The molecule has 0 spiro atoms. The van der Waals surface area contributed by atoms with Crippen molar-refractivity contribution in [3.8, 4) is 5.69 Å². The van der Waals surface area contributed by atoms with Crippen LogP contribution in [0.4, 0.5) is 5.82 Å². The van der Waals surface area contributed by atoms with Crippen LogP contribution in [0.25, 0.3) is 17.3 Å². The van der Waals surface area contributed by atoms with Crippen LogP contribution in [0.3, 0.4) is 0 Å². The molecule has 172 valence electrons. The first kappa shape index (κ1) is 24.3. The van der Waals surface area contributed by atoms with Gasteiger partial charge in [-0.25, -0.2) is 9.67 Å². The van der Waals surface area contributed by atoms with E-state index in [0.717, 1.165) is 34.7 Å². The second-order valence-corrected chi connectivity index (χ2v) is 8.39. The van der Waals surface area contributed by atoms with E-state index in [9.17, 15) is 4.79 Å². The molecule has 3 rings (SSSR count). The molecule has 7 heteroatoms. The summed E-state index contributed by atoms with van der Waals surface area (Å²) in [5, 5.41) is 7.68. The molecule has 2 heterocycles. The number of aryl methyl sites for hydroxylation is 1. The van der Waals surface area contributed by atoms with Crippen molar-refractivity contribution in [1.82, 2.24) is 20.1 Å². The Balaban J connectivity index is 1.90. The maximum absolute atomic E-state index is 13.2. The van der Waals surface area contributed by atoms with Gasteiger partial charge in [-0.15, -0.1) is 0 Å². The first-order valence-corrected chi connectivity index (χ1v) is 12.2. The number of rotatable bonds is 9. The fourth-order valence-electron chi connectivity index (χ4n) is 3.36. The number of allylic oxidation sites excluding steroid dienone is 2. The topological polar surface area (TPSA) is 71.8 Å². The first-order valence-electron chi connectivity index (χ1n) is 11.0. The van der Waals surface area contributed by atoms with Crippen molar-refractivity contribution in [1.29, 1.82) is 0 Å². The van der Waals surface area contributed by atoms with Gasteiger partial charge in [0.1, 0.15) is 5.82 Å². The fourth-order valence-corrected chi connectivity index (χ4v) is 3.68. The highest BCUT2D eigenvalue weighted by Gasteiger charge is 2.19. The lowest BCUT2D eigenvalue weighted by atomic mass is 10.0. The number of amides is 1. The Morgan fingerprint density at radius 3 is 2.64 bits per heavy atom. The van der Waals surface area contributed by atoms with Crippen LogP contribution in [0.1, 0.15) is 49.6 Å². The quantitative estimate of drug-likeness (QED) is 0.311. The van der Waals surface area contributed by atoms with Gasteiger partial charge in [-0.05, 0) is 63.1 Å². The molecule has 0 bridgehead atoms. The van der Waals surface area contributed by atoms with Gasteiger partial charge >= 0.3 is 0 Å². The van der Waals surface area contributed by atoms with Gasteiger partial charge in [-0.1, -0.05) is 48.2 Å². The summed E-state index contributed by atoms with van der Waals surface area (Å²) >= 11 is 1.48. The van der Waals surface area contributed by atoms with E-state index in [4.69, 9.17) is 0 Å². The number of anilines is 1. The molecule has 0 fully saturated rings. The minimum Gasteiger partial charge on any atom is -0.348 e. The predicted molar refractivity (Wildman–Crippen MR) is 139 cm³/mol. The smallest absolute Gasteiger partial charge is 0.251 e. The third-order valence-corrected chi connectivity index (χ3v) is 5.75. The largest absolute Gasteiger partial charge is 0.348 e. The number of carbonyl (C=O) groups is 1. The van der Waals surface area contributed by atoms with Crippen LogP contribution < -0.4 is 10.0 Å². The SMILES string of the molecule is C/C=C(/C(=O)NCc1ccnc(NSC)c1)c1cnn(-c2ccc(C)cc2)c1/C=C(\C)CC. The molecule has 0 aliphatic carbocycles. The Morgan fingerprint density at radius 1 is 1.21 bits per heavy atom. The van der Waals surface area contributed by atoms with Crippen molar-refractivity contribution in [2.75, 3.05) is 11.0 Å². The second kappa shape index (κ2) is 11.5. The number of benzene rings is 1. The third kappa shape index (κ3) is 6.14. The fraction of sp³-hybridized carbons (Fsp3) is 0.269. The number of hydrogen-bond donors (Lipinski definition) is 2. The number of nitrogens with zero attached hydrogens (tertiary/aromatic N) is 3. The highest BCUT2D eigenvalue weighted by atomic mass is 32.2. The summed E-state index contributed by atoms with van der Waals surface area (Å²) < 4.78 is 5.01. The maximum atomic E-state index is 13.2. The third-order valence-electron chi connectivity index (χ3n) is 5.33. The lowest BCUT2D eigenvalue weighted by Crippen LogP contribution is -2.24. The van der Waals surface area contributed by atoms with E-state index in [2.05, 4.69) is 59.1 Å². The molecule has 0 aliphatic heterocycles. The van der Waals surface area contributed by atoms with Crippen molar-refractivity contribution < 1.29 is 4.79 Å². The van der Waals surface area contributed by atoms with Crippen molar-refractivity contribution in [3.63, 3.8) is 0 Å². The minimum atomic E-state index is -0.138. The predicted octanol–water partition coefficient (Wildman–Crippen LogP) is 5.80. The van der Waals surface area contributed by atoms with Gasteiger partial charge in [-0.2, -0.15) is 5.10 Å². The highest BCUT2D eigenvalue weighted by Crippen LogP contribution is 2.26. The Labute approximate surface area is 200 Å². The summed E-state index contributed by atoms with van der Waals surface area (Å²) in [5.41, 5.74) is 6.64. The lowest BCUT2D eigenvalue weighted by Gasteiger charge is -2.12. The van der Waals surface area contributed by atoms with Gasteiger partial charge in [0.15, 0.2) is 0 Å². The van der Waals surface area contributed by atoms with E-state index in [1.54, 1.807) is 12.4 Å². The average molecular weight is 462 g/mol. The molecule has 2 N–H and O–H groups in total. The normalized spacial score (nSPS) is 12.0. The minimum absolute atomic E-state index is 0.138. The van der Waals surface area contributed by atoms with Gasteiger partial charge in [0, 0.05) is 30.1 Å². The Morgan fingerprint density at radius 2 is 1.97 bits per heavy atom. The molecule has 3 aromatic rings. The van der Waals surface area contributed by atoms with Crippen LogP contribution in [-0.2, 0) is 11.3 Å². The van der Waals surface area contributed by atoms with E-state index >= 15 is 0 Å². The zero-order chi connectivity index (χ0) is 23.8. The number of pyridine rings is 1. The lowest BCUT2D eigenvalue weighted by molar-refractivity contribution is -0.115. The average Bonchev–Trinajstić information content (AvgIpc) is 3.22. The Bertz CT molecular complexity index is 1160. The monoisotopic (exact) mass is 461 g/mol. The number of aromatic nitrogens is 3. The standard InChI is InChI=1S/C26H31N5OS/c1-6-18(3)14-24-23(17-29-31(24)21-10-8-19(4)9-11-21)22(7-2)26(32)28-16-20-12-13-27-25(15-20)30-33-5/h7-15,17H,6,16H2,1-5H3,(H,27,30)(H,28,32)/b18-14+,22-7+. The van der Waals surface area contributed by atoms with Crippen LogP contribution >= 0.6 is 11.9 Å². The molecule has 1 amide bonds. The molecule has 2 aromatic heterocycles. The van der Waals surface area contributed by atoms with Gasteiger partial charge in [-0.3, -0.25) is 4.79 Å². The molecular formula is C26H31N5OS. The van der Waals surface area contributed by atoms with Crippen LogP contribution in [0.15, 0.2) is 60.4 Å². The zero-order valence-corrected chi connectivity index (χ0v) is 20.7. The van der Waals surface area contributed by atoms with E-state index in [-0.39, 0.29) is 5.91 Å². The van der Waals surface area contributed by atoms with Crippen molar-refractivity contribution in [2.24, 2.45) is 0 Å². The Hall–Kier alpha value is -3.32. The molecule has 33 heavy (non-hydrogen) atoms. The summed E-state index contributed by atoms with van der Waals surface area (Å²) in [7, 11) is 0.